The van der Waals surface area contributed by atoms with Gasteiger partial charge in [-0.3, -0.25) is 4.90 Å². The molecule has 9 nitrogen and oxygen atoms in total. The second-order valence-electron chi connectivity index (χ2n) is 7.72. The van der Waals surface area contributed by atoms with E-state index >= 15 is 0 Å². The number of carbonyl (C=O) groups excluding carboxylic acids is 2. The fourth-order valence-electron chi connectivity index (χ4n) is 3.88. The van der Waals surface area contributed by atoms with Crippen molar-refractivity contribution >= 4 is 12.0 Å². The Morgan fingerprint density at radius 3 is 2.18 bits per heavy atom. The quantitative estimate of drug-likeness (QED) is 0.439. The van der Waals surface area contributed by atoms with E-state index in [0.717, 1.165) is 17.1 Å². The lowest BCUT2D eigenvalue weighted by molar-refractivity contribution is -0.139. The SMILES string of the molecule is CCOC(=O)C1=C(CN(Cc2ccco2)Cc2ccco2)NC(=O)NC1c1ccc(OC)cc1. The number of methoxy groups -OCH3 is 1. The topological polar surface area (TPSA) is 106 Å². The number of amides is 2. The van der Waals surface area contributed by atoms with E-state index < -0.39 is 18.0 Å². The van der Waals surface area contributed by atoms with Gasteiger partial charge in [-0.05, 0) is 48.9 Å². The molecular weight excluding hydrogens is 438 g/mol. The van der Waals surface area contributed by atoms with Gasteiger partial charge in [0.05, 0.1) is 50.9 Å². The Morgan fingerprint density at radius 1 is 1.00 bits per heavy atom. The second-order valence-corrected chi connectivity index (χ2v) is 7.72. The fraction of sp³-hybridized carbons (Fsp3) is 0.280. The Labute approximate surface area is 197 Å². The van der Waals surface area contributed by atoms with Gasteiger partial charge < -0.3 is 28.9 Å². The fourth-order valence-corrected chi connectivity index (χ4v) is 3.88. The maximum Gasteiger partial charge on any atom is 0.338 e. The molecule has 0 aliphatic carbocycles. The zero-order chi connectivity index (χ0) is 23.9. The first kappa shape index (κ1) is 23.2. The van der Waals surface area contributed by atoms with Gasteiger partial charge in [-0.25, -0.2) is 9.59 Å². The van der Waals surface area contributed by atoms with Crippen LogP contribution in [0.2, 0.25) is 0 Å². The third-order valence-electron chi connectivity index (χ3n) is 5.40. The highest BCUT2D eigenvalue weighted by Crippen LogP contribution is 2.30. The number of rotatable bonds is 10. The predicted octanol–water partition coefficient (Wildman–Crippen LogP) is 3.75. The molecule has 2 N–H and O–H groups in total. The molecule has 0 saturated heterocycles. The van der Waals surface area contributed by atoms with Crippen LogP contribution in [0.15, 0.2) is 81.2 Å². The molecule has 9 heteroatoms. The highest BCUT2D eigenvalue weighted by molar-refractivity contribution is 5.95. The summed E-state index contributed by atoms with van der Waals surface area (Å²) >= 11 is 0. The number of esters is 1. The average Bonchev–Trinajstić information content (AvgIpc) is 3.53. The molecule has 3 heterocycles. The molecule has 4 rings (SSSR count). The van der Waals surface area contributed by atoms with Crippen molar-refractivity contribution < 1.29 is 27.9 Å². The van der Waals surface area contributed by atoms with Gasteiger partial charge in [0.25, 0.3) is 0 Å². The summed E-state index contributed by atoms with van der Waals surface area (Å²) in [6.45, 7) is 3.11. The number of furan rings is 2. The largest absolute Gasteiger partial charge is 0.497 e. The molecule has 1 aromatic carbocycles. The first-order chi connectivity index (χ1) is 16.6. The molecule has 178 valence electrons. The Morgan fingerprint density at radius 2 is 1.65 bits per heavy atom. The van der Waals surface area contributed by atoms with E-state index in [9.17, 15) is 9.59 Å². The van der Waals surface area contributed by atoms with Crippen LogP contribution in [0, 0.1) is 0 Å². The first-order valence-electron chi connectivity index (χ1n) is 11.0. The van der Waals surface area contributed by atoms with Crippen molar-refractivity contribution in [1.82, 2.24) is 15.5 Å². The molecule has 1 aliphatic rings. The van der Waals surface area contributed by atoms with Gasteiger partial charge in [0.15, 0.2) is 0 Å². The Balaban J connectivity index is 1.70. The standard InChI is InChI=1S/C25H27N3O6/c1-3-32-24(29)22-21(26-25(30)27-23(22)17-8-10-18(31-2)11-9-17)16-28(14-19-6-4-12-33-19)15-20-7-5-13-34-20/h4-13,23H,3,14-16H2,1-2H3,(H2,26,27,30). The molecule has 0 bridgehead atoms. The third-order valence-corrected chi connectivity index (χ3v) is 5.40. The Hall–Kier alpha value is -3.98. The lowest BCUT2D eigenvalue weighted by Gasteiger charge is -2.32. The van der Waals surface area contributed by atoms with Crippen LogP contribution in [0.3, 0.4) is 0 Å². The number of nitrogens with one attached hydrogen (secondary N) is 2. The minimum atomic E-state index is -0.678. The van der Waals surface area contributed by atoms with Crippen molar-refractivity contribution in [2.24, 2.45) is 0 Å². The van der Waals surface area contributed by atoms with E-state index in [4.69, 9.17) is 18.3 Å². The summed E-state index contributed by atoms with van der Waals surface area (Å²) in [6.07, 6.45) is 3.21. The Kier molecular flexibility index (Phi) is 7.34. The molecule has 3 aromatic rings. The molecule has 34 heavy (non-hydrogen) atoms. The van der Waals surface area contributed by atoms with E-state index in [1.54, 1.807) is 38.7 Å². The number of benzene rings is 1. The molecular formula is C25H27N3O6. The number of nitrogens with zero attached hydrogens (tertiary/aromatic N) is 1. The Bertz CT molecular complexity index is 1080. The van der Waals surface area contributed by atoms with Crippen LogP contribution < -0.4 is 15.4 Å². The maximum atomic E-state index is 13.1. The number of hydrogen-bond donors (Lipinski definition) is 2. The van der Waals surface area contributed by atoms with E-state index in [2.05, 4.69) is 10.6 Å². The van der Waals surface area contributed by atoms with Gasteiger partial charge in [-0.2, -0.15) is 0 Å². The highest BCUT2D eigenvalue weighted by atomic mass is 16.5. The molecule has 0 fully saturated rings. The number of hydrogen-bond acceptors (Lipinski definition) is 7. The van der Waals surface area contributed by atoms with Crippen molar-refractivity contribution in [3.05, 3.63) is 89.4 Å². The molecule has 0 saturated carbocycles. The second kappa shape index (κ2) is 10.8. The van der Waals surface area contributed by atoms with E-state index in [0.29, 0.717) is 30.1 Å². The zero-order valence-corrected chi connectivity index (χ0v) is 19.1. The van der Waals surface area contributed by atoms with Crippen molar-refractivity contribution in [2.75, 3.05) is 20.3 Å². The van der Waals surface area contributed by atoms with Crippen LogP contribution in [0.4, 0.5) is 4.79 Å². The number of urea groups is 1. The molecule has 0 spiro atoms. The predicted molar refractivity (Wildman–Crippen MR) is 123 cm³/mol. The van der Waals surface area contributed by atoms with Crippen molar-refractivity contribution in [1.29, 1.82) is 0 Å². The van der Waals surface area contributed by atoms with Crippen molar-refractivity contribution in [3.8, 4) is 5.75 Å². The molecule has 1 aliphatic heterocycles. The normalized spacial score (nSPS) is 15.7. The number of ether oxygens (including phenoxy) is 2. The van der Waals surface area contributed by atoms with Gasteiger partial charge in [-0.15, -0.1) is 0 Å². The van der Waals surface area contributed by atoms with Gasteiger partial charge in [0.1, 0.15) is 17.3 Å². The summed E-state index contributed by atoms with van der Waals surface area (Å²) in [5.74, 6) is 1.67. The van der Waals surface area contributed by atoms with Gasteiger partial charge in [0.2, 0.25) is 0 Å². The van der Waals surface area contributed by atoms with Crippen molar-refractivity contribution in [2.45, 2.75) is 26.1 Å². The molecule has 1 atom stereocenters. The van der Waals surface area contributed by atoms with Crippen LogP contribution in [-0.2, 0) is 22.6 Å². The van der Waals surface area contributed by atoms with Crippen LogP contribution in [0.5, 0.6) is 5.75 Å². The van der Waals surface area contributed by atoms with Gasteiger partial charge in [-0.1, -0.05) is 12.1 Å². The minimum Gasteiger partial charge on any atom is -0.497 e. The summed E-state index contributed by atoms with van der Waals surface area (Å²) < 4.78 is 21.7. The molecule has 2 aromatic heterocycles. The zero-order valence-electron chi connectivity index (χ0n) is 19.1. The lowest BCUT2D eigenvalue weighted by Crippen LogP contribution is -2.48. The summed E-state index contributed by atoms with van der Waals surface area (Å²) in [7, 11) is 1.58. The van der Waals surface area contributed by atoms with E-state index in [1.165, 1.54) is 0 Å². The van der Waals surface area contributed by atoms with Gasteiger partial charge >= 0.3 is 12.0 Å². The number of carbonyl (C=O) groups is 2. The third kappa shape index (κ3) is 5.49. The van der Waals surface area contributed by atoms with Crippen LogP contribution in [-0.4, -0.2) is 37.2 Å². The van der Waals surface area contributed by atoms with Crippen LogP contribution in [0.1, 0.15) is 30.0 Å². The maximum absolute atomic E-state index is 13.1. The molecule has 1 unspecified atom stereocenters. The highest BCUT2D eigenvalue weighted by Gasteiger charge is 2.34. The molecule has 2 amide bonds. The summed E-state index contributed by atoms with van der Waals surface area (Å²) in [5.41, 5.74) is 1.54. The van der Waals surface area contributed by atoms with Crippen LogP contribution >= 0.6 is 0 Å². The summed E-state index contributed by atoms with van der Waals surface area (Å²) in [4.78, 5) is 27.7. The van der Waals surface area contributed by atoms with Crippen LogP contribution in [0.25, 0.3) is 0 Å². The van der Waals surface area contributed by atoms with Crippen molar-refractivity contribution in [3.63, 3.8) is 0 Å². The summed E-state index contributed by atoms with van der Waals surface area (Å²) in [5, 5.41) is 5.67. The van der Waals surface area contributed by atoms with Gasteiger partial charge in [0, 0.05) is 12.2 Å². The monoisotopic (exact) mass is 465 g/mol. The summed E-state index contributed by atoms with van der Waals surface area (Å²) in [6, 6.07) is 13.5. The molecule has 0 radical (unpaired) electrons. The van der Waals surface area contributed by atoms with E-state index in [1.807, 2.05) is 41.3 Å². The average molecular weight is 466 g/mol. The lowest BCUT2D eigenvalue weighted by atomic mass is 9.95. The smallest absolute Gasteiger partial charge is 0.338 e. The first-order valence-corrected chi connectivity index (χ1v) is 11.0. The minimum absolute atomic E-state index is 0.210. The van der Waals surface area contributed by atoms with E-state index in [-0.39, 0.29) is 13.2 Å².